The number of aliphatic hydroxyl groups excluding tert-OH is 1. The van der Waals surface area contributed by atoms with E-state index < -0.39 is 0 Å². The zero-order valence-corrected chi connectivity index (χ0v) is 14.3. The third-order valence-electron chi connectivity index (χ3n) is 5.03. The van der Waals surface area contributed by atoms with Crippen LogP contribution < -0.4 is 10.1 Å². The molecule has 3 rings (SSSR count). The van der Waals surface area contributed by atoms with E-state index in [9.17, 15) is 4.79 Å². The Kier molecular flexibility index (Phi) is 5.71. The molecule has 2 aliphatic heterocycles. The van der Waals surface area contributed by atoms with E-state index in [1.807, 2.05) is 31.2 Å². The Morgan fingerprint density at radius 2 is 2.08 bits per heavy atom. The molecule has 0 unspecified atom stereocenters. The number of fused-ring (bicyclic) bond motifs is 1. The Balaban J connectivity index is 1.56. The molecule has 1 aromatic carbocycles. The molecule has 1 saturated heterocycles. The van der Waals surface area contributed by atoms with Gasteiger partial charge in [-0.2, -0.15) is 0 Å². The smallest absolute Gasteiger partial charge is 0.237 e. The summed E-state index contributed by atoms with van der Waals surface area (Å²) in [5.74, 6) is 0.951. The molecule has 2 aliphatic rings. The number of nitrogens with one attached hydrogen (secondary N) is 1. The van der Waals surface area contributed by atoms with Crippen molar-refractivity contribution in [2.45, 2.75) is 25.4 Å². The highest BCUT2D eigenvalue weighted by Gasteiger charge is 2.29. The van der Waals surface area contributed by atoms with Crippen LogP contribution in [0.3, 0.4) is 0 Å². The van der Waals surface area contributed by atoms with Crippen LogP contribution in [-0.4, -0.2) is 72.8 Å². The van der Waals surface area contributed by atoms with E-state index >= 15 is 0 Å². The van der Waals surface area contributed by atoms with Gasteiger partial charge in [-0.05, 0) is 13.0 Å². The van der Waals surface area contributed by atoms with Gasteiger partial charge in [0.05, 0.1) is 25.3 Å². The maximum absolute atomic E-state index is 12.7. The molecule has 0 saturated carbocycles. The van der Waals surface area contributed by atoms with E-state index in [-0.39, 0.29) is 24.6 Å². The quantitative estimate of drug-likeness (QED) is 0.827. The van der Waals surface area contributed by atoms with Gasteiger partial charge in [0.1, 0.15) is 5.75 Å². The Bertz CT molecular complexity index is 558. The van der Waals surface area contributed by atoms with Crippen molar-refractivity contribution in [2.24, 2.45) is 0 Å². The monoisotopic (exact) mass is 333 g/mol. The number of carbonyl (C=O) groups excluding carboxylic acids is 1. The molecular weight excluding hydrogens is 306 g/mol. The molecule has 0 aliphatic carbocycles. The molecule has 2 atom stereocenters. The number of hydrogen-bond donors (Lipinski definition) is 2. The van der Waals surface area contributed by atoms with Crippen LogP contribution in [0.2, 0.25) is 0 Å². The zero-order valence-electron chi connectivity index (χ0n) is 14.3. The molecule has 1 aromatic rings. The molecule has 132 valence electrons. The number of carbonyl (C=O) groups is 1. The van der Waals surface area contributed by atoms with Gasteiger partial charge in [0, 0.05) is 44.7 Å². The van der Waals surface area contributed by atoms with Gasteiger partial charge in [-0.3, -0.25) is 14.6 Å². The SMILES string of the molecule is C[C@@H](C(=O)N[C@@H]1CCOc2ccccc21)N1CCN(CCO)CC1. The minimum absolute atomic E-state index is 0.0283. The van der Waals surface area contributed by atoms with Crippen molar-refractivity contribution in [3.8, 4) is 5.75 Å². The second kappa shape index (κ2) is 7.96. The molecule has 1 fully saturated rings. The van der Waals surface area contributed by atoms with E-state index in [1.165, 1.54) is 0 Å². The number of benzene rings is 1. The first-order valence-electron chi connectivity index (χ1n) is 8.78. The number of nitrogens with zero attached hydrogens (tertiary/aromatic N) is 2. The largest absolute Gasteiger partial charge is 0.493 e. The molecule has 1 amide bonds. The summed E-state index contributed by atoms with van der Waals surface area (Å²) in [7, 11) is 0. The lowest BCUT2D eigenvalue weighted by Crippen LogP contribution is -2.54. The van der Waals surface area contributed by atoms with Gasteiger partial charge in [0.15, 0.2) is 0 Å². The summed E-state index contributed by atoms with van der Waals surface area (Å²) in [5.41, 5.74) is 1.07. The van der Waals surface area contributed by atoms with Gasteiger partial charge in [-0.15, -0.1) is 0 Å². The number of amides is 1. The molecule has 0 spiro atoms. The second-order valence-corrected chi connectivity index (χ2v) is 6.51. The van der Waals surface area contributed by atoms with Crippen molar-refractivity contribution >= 4 is 5.91 Å². The van der Waals surface area contributed by atoms with Crippen LogP contribution in [0.15, 0.2) is 24.3 Å². The first-order chi connectivity index (χ1) is 11.7. The maximum Gasteiger partial charge on any atom is 0.237 e. The fraction of sp³-hybridized carbons (Fsp3) is 0.611. The lowest BCUT2D eigenvalue weighted by Gasteiger charge is -2.37. The van der Waals surface area contributed by atoms with Gasteiger partial charge >= 0.3 is 0 Å². The fourth-order valence-electron chi connectivity index (χ4n) is 3.47. The summed E-state index contributed by atoms with van der Waals surface area (Å²) in [4.78, 5) is 17.1. The second-order valence-electron chi connectivity index (χ2n) is 6.51. The summed E-state index contributed by atoms with van der Waals surface area (Å²) >= 11 is 0. The Morgan fingerprint density at radius 1 is 1.33 bits per heavy atom. The Hall–Kier alpha value is -1.63. The minimum Gasteiger partial charge on any atom is -0.493 e. The molecule has 2 heterocycles. The molecule has 6 heteroatoms. The van der Waals surface area contributed by atoms with Crippen molar-refractivity contribution in [2.75, 3.05) is 45.9 Å². The highest BCUT2D eigenvalue weighted by atomic mass is 16.5. The zero-order chi connectivity index (χ0) is 16.9. The van der Waals surface area contributed by atoms with Gasteiger partial charge in [0.25, 0.3) is 0 Å². The summed E-state index contributed by atoms with van der Waals surface area (Å²) in [5, 5.41) is 12.2. The van der Waals surface area contributed by atoms with Crippen LogP contribution in [-0.2, 0) is 4.79 Å². The Morgan fingerprint density at radius 3 is 2.83 bits per heavy atom. The molecule has 0 radical (unpaired) electrons. The van der Waals surface area contributed by atoms with Gasteiger partial charge < -0.3 is 15.2 Å². The van der Waals surface area contributed by atoms with E-state index in [0.29, 0.717) is 13.2 Å². The summed E-state index contributed by atoms with van der Waals surface area (Å²) < 4.78 is 5.66. The van der Waals surface area contributed by atoms with E-state index in [4.69, 9.17) is 9.84 Å². The molecule has 24 heavy (non-hydrogen) atoms. The number of β-amino-alcohol motifs (C(OH)–C–C–N with tert-alkyl or cyclic N) is 1. The lowest BCUT2D eigenvalue weighted by molar-refractivity contribution is -0.127. The van der Waals surface area contributed by atoms with E-state index in [1.54, 1.807) is 0 Å². The minimum atomic E-state index is -0.142. The predicted octanol–water partition coefficient (Wildman–Crippen LogP) is 0.625. The van der Waals surface area contributed by atoms with Crippen LogP contribution in [0.5, 0.6) is 5.75 Å². The van der Waals surface area contributed by atoms with E-state index in [2.05, 4.69) is 15.1 Å². The summed E-state index contributed by atoms with van der Waals surface area (Å²) in [6.45, 7) is 7.04. The summed E-state index contributed by atoms with van der Waals surface area (Å²) in [6, 6.07) is 7.81. The average Bonchev–Trinajstić information content (AvgIpc) is 2.62. The number of aliphatic hydroxyl groups is 1. The van der Waals surface area contributed by atoms with Crippen LogP contribution in [0.25, 0.3) is 0 Å². The molecule has 2 N–H and O–H groups in total. The van der Waals surface area contributed by atoms with Crippen LogP contribution in [0, 0.1) is 0 Å². The first kappa shape index (κ1) is 17.2. The average molecular weight is 333 g/mol. The Labute approximate surface area is 143 Å². The number of ether oxygens (including phenoxy) is 1. The number of hydrogen-bond acceptors (Lipinski definition) is 5. The van der Waals surface area contributed by atoms with Gasteiger partial charge in [0.2, 0.25) is 5.91 Å². The molecular formula is C18H27N3O3. The van der Waals surface area contributed by atoms with Gasteiger partial charge in [-0.1, -0.05) is 18.2 Å². The fourth-order valence-corrected chi connectivity index (χ4v) is 3.47. The van der Waals surface area contributed by atoms with Crippen LogP contribution in [0.4, 0.5) is 0 Å². The number of para-hydroxylation sites is 1. The topological polar surface area (TPSA) is 65.0 Å². The third kappa shape index (κ3) is 3.88. The van der Waals surface area contributed by atoms with Crippen molar-refractivity contribution in [3.05, 3.63) is 29.8 Å². The van der Waals surface area contributed by atoms with Crippen molar-refractivity contribution in [1.82, 2.24) is 15.1 Å². The molecule has 0 aromatic heterocycles. The van der Waals surface area contributed by atoms with E-state index in [0.717, 1.165) is 43.9 Å². The number of piperazine rings is 1. The highest BCUT2D eigenvalue weighted by Crippen LogP contribution is 2.31. The lowest BCUT2D eigenvalue weighted by atomic mass is 10.00. The molecule has 0 bridgehead atoms. The van der Waals surface area contributed by atoms with Crippen molar-refractivity contribution < 1.29 is 14.6 Å². The first-order valence-corrected chi connectivity index (χ1v) is 8.78. The predicted molar refractivity (Wildman–Crippen MR) is 92.0 cm³/mol. The van der Waals surface area contributed by atoms with Gasteiger partial charge in [-0.25, -0.2) is 0 Å². The summed E-state index contributed by atoms with van der Waals surface area (Å²) in [6.07, 6.45) is 0.805. The highest BCUT2D eigenvalue weighted by molar-refractivity contribution is 5.82. The van der Waals surface area contributed by atoms with Crippen molar-refractivity contribution in [3.63, 3.8) is 0 Å². The molecule has 6 nitrogen and oxygen atoms in total. The maximum atomic E-state index is 12.7. The normalized spacial score (nSPS) is 23.2. The number of rotatable bonds is 5. The van der Waals surface area contributed by atoms with Crippen molar-refractivity contribution in [1.29, 1.82) is 0 Å². The standard InChI is InChI=1S/C18H27N3O3/c1-14(21-9-7-20(8-10-21)11-12-22)18(23)19-16-6-13-24-17-5-3-2-4-15(16)17/h2-5,14,16,22H,6-13H2,1H3,(H,19,23)/t14-,16+/m0/s1. The van der Waals surface area contributed by atoms with Crippen LogP contribution >= 0.6 is 0 Å². The third-order valence-corrected chi connectivity index (χ3v) is 5.03. The van der Waals surface area contributed by atoms with Crippen LogP contribution in [0.1, 0.15) is 24.9 Å².